The van der Waals surface area contributed by atoms with Crippen LogP contribution in [0.4, 0.5) is 4.39 Å². The molecule has 2 aromatic rings. The first-order chi connectivity index (χ1) is 11.6. The third kappa shape index (κ3) is 3.10. The van der Waals surface area contributed by atoms with Crippen LogP contribution in [0.3, 0.4) is 0 Å². The molecule has 1 aliphatic heterocycles. The van der Waals surface area contributed by atoms with Crippen molar-refractivity contribution in [2.24, 2.45) is 11.8 Å². The number of hydrogen-bond donors (Lipinski definition) is 1. The van der Waals surface area contributed by atoms with Gasteiger partial charge in [0.05, 0.1) is 18.3 Å². The third-order valence-corrected chi connectivity index (χ3v) is 5.57. The quantitative estimate of drug-likeness (QED) is 0.941. The summed E-state index contributed by atoms with van der Waals surface area (Å²) >= 11 is 0. The Morgan fingerprint density at radius 2 is 1.88 bits per heavy atom. The average Bonchev–Trinajstić information content (AvgIpc) is 3.14. The van der Waals surface area contributed by atoms with Crippen LogP contribution in [0.5, 0.6) is 0 Å². The second kappa shape index (κ2) is 6.30. The molecule has 0 radical (unpaired) electrons. The molecule has 0 unspecified atom stereocenters. The van der Waals surface area contributed by atoms with Crippen LogP contribution in [0, 0.1) is 24.6 Å². The normalized spacial score (nSPS) is 30.5. The first-order valence-electron chi connectivity index (χ1n) is 8.74. The lowest BCUT2D eigenvalue weighted by molar-refractivity contribution is 0.0306. The number of rotatable bonds is 3. The van der Waals surface area contributed by atoms with Gasteiger partial charge in [0.2, 0.25) is 0 Å². The smallest absolute Gasteiger partial charge is 0.123 e. The Morgan fingerprint density at radius 3 is 2.54 bits per heavy atom. The highest BCUT2D eigenvalue weighted by molar-refractivity contribution is 5.16. The van der Waals surface area contributed by atoms with Gasteiger partial charge in [-0.2, -0.15) is 5.10 Å². The fraction of sp³-hybridized carbons (Fsp3) is 0.526. The minimum absolute atomic E-state index is 0.0886. The van der Waals surface area contributed by atoms with E-state index in [0.29, 0.717) is 11.8 Å². The van der Waals surface area contributed by atoms with Crippen LogP contribution in [0.15, 0.2) is 36.7 Å². The minimum Gasteiger partial charge on any atom is -0.391 e. The molecule has 1 aliphatic carbocycles. The molecule has 1 saturated heterocycles. The fourth-order valence-electron chi connectivity index (χ4n) is 4.38. The van der Waals surface area contributed by atoms with E-state index in [-0.39, 0.29) is 18.0 Å². The lowest BCUT2D eigenvalue weighted by atomic mass is 9.77. The molecule has 24 heavy (non-hydrogen) atoms. The second-order valence-corrected chi connectivity index (χ2v) is 7.44. The van der Waals surface area contributed by atoms with Gasteiger partial charge in [-0.1, -0.05) is 12.1 Å². The number of benzene rings is 1. The average molecular weight is 329 g/mol. The Bertz CT molecular complexity index is 699. The molecule has 4 nitrogen and oxygen atoms in total. The summed E-state index contributed by atoms with van der Waals surface area (Å²) in [4.78, 5) is 2.44. The van der Waals surface area contributed by atoms with Gasteiger partial charge >= 0.3 is 0 Å². The second-order valence-electron chi connectivity index (χ2n) is 7.44. The van der Waals surface area contributed by atoms with Crippen molar-refractivity contribution in [1.29, 1.82) is 0 Å². The van der Waals surface area contributed by atoms with E-state index in [2.05, 4.69) is 10.00 Å². The SMILES string of the molecule is Cc1cnn([C@H]2C[C@H]3CN(Cc4ccc(F)cc4)C[C@H]3C[C@@H]2O)c1. The van der Waals surface area contributed by atoms with Gasteiger partial charge in [-0.15, -0.1) is 0 Å². The first-order valence-corrected chi connectivity index (χ1v) is 8.74. The molecule has 4 rings (SSSR count). The van der Waals surface area contributed by atoms with Crippen molar-refractivity contribution < 1.29 is 9.50 Å². The summed E-state index contributed by atoms with van der Waals surface area (Å²) < 4.78 is 15.0. The predicted octanol–water partition coefficient (Wildman–Crippen LogP) is 2.77. The van der Waals surface area contributed by atoms with E-state index >= 15 is 0 Å². The van der Waals surface area contributed by atoms with Crippen LogP contribution in [0.2, 0.25) is 0 Å². The Kier molecular flexibility index (Phi) is 4.14. The van der Waals surface area contributed by atoms with E-state index in [0.717, 1.165) is 43.6 Å². The molecule has 5 heteroatoms. The van der Waals surface area contributed by atoms with Crippen molar-refractivity contribution in [2.75, 3.05) is 13.1 Å². The van der Waals surface area contributed by atoms with E-state index < -0.39 is 0 Å². The van der Waals surface area contributed by atoms with E-state index in [1.165, 1.54) is 12.1 Å². The maximum atomic E-state index is 13.0. The summed E-state index contributed by atoms with van der Waals surface area (Å²) in [5, 5.41) is 15.0. The predicted molar refractivity (Wildman–Crippen MR) is 89.9 cm³/mol. The van der Waals surface area contributed by atoms with Crippen molar-refractivity contribution in [3.8, 4) is 0 Å². The monoisotopic (exact) mass is 329 g/mol. The van der Waals surface area contributed by atoms with Gasteiger partial charge in [0.15, 0.2) is 0 Å². The number of aromatic nitrogens is 2. The molecule has 0 amide bonds. The molecule has 0 bridgehead atoms. The van der Waals surface area contributed by atoms with Crippen molar-refractivity contribution in [3.05, 3.63) is 53.6 Å². The number of likely N-dealkylation sites (tertiary alicyclic amines) is 1. The summed E-state index contributed by atoms with van der Waals surface area (Å²) in [6, 6.07) is 6.87. The molecule has 1 saturated carbocycles. The van der Waals surface area contributed by atoms with Crippen molar-refractivity contribution in [2.45, 2.75) is 38.5 Å². The number of aryl methyl sites for hydroxylation is 1. The highest BCUT2D eigenvalue weighted by Gasteiger charge is 2.42. The Hall–Kier alpha value is -1.72. The maximum Gasteiger partial charge on any atom is 0.123 e. The Morgan fingerprint density at radius 1 is 1.17 bits per heavy atom. The molecular formula is C19H24FN3O. The number of halogens is 1. The van der Waals surface area contributed by atoms with E-state index in [1.54, 1.807) is 0 Å². The van der Waals surface area contributed by atoms with Crippen molar-refractivity contribution >= 4 is 0 Å². The molecule has 1 N–H and O–H groups in total. The van der Waals surface area contributed by atoms with Crippen molar-refractivity contribution in [1.82, 2.24) is 14.7 Å². The summed E-state index contributed by atoms with van der Waals surface area (Å²) in [5.41, 5.74) is 2.28. The van der Waals surface area contributed by atoms with E-state index in [1.807, 2.05) is 36.1 Å². The van der Waals surface area contributed by atoms with E-state index in [9.17, 15) is 9.50 Å². The number of fused-ring (bicyclic) bond motifs is 1. The topological polar surface area (TPSA) is 41.3 Å². The molecule has 2 heterocycles. The van der Waals surface area contributed by atoms with Crippen LogP contribution in [-0.2, 0) is 6.54 Å². The Labute approximate surface area is 141 Å². The van der Waals surface area contributed by atoms with Gasteiger partial charge in [-0.3, -0.25) is 9.58 Å². The van der Waals surface area contributed by atoms with Gasteiger partial charge in [0, 0.05) is 25.8 Å². The van der Waals surface area contributed by atoms with Crippen LogP contribution >= 0.6 is 0 Å². The maximum absolute atomic E-state index is 13.0. The van der Waals surface area contributed by atoms with Crippen LogP contribution < -0.4 is 0 Å². The molecular weight excluding hydrogens is 305 g/mol. The fourth-order valence-corrected chi connectivity index (χ4v) is 4.38. The van der Waals surface area contributed by atoms with Gasteiger partial charge in [-0.25, -0.2) is 4.39 Å². The first kappa shape index (κ1) is 15.8. The Balaban J connectivity index is 1.42. The number of nitrogens with zero attached hydrogens (tertiary/aromatic N) is 3. The summed E-state index contributed by atoms with van der Waals surface area (Å²) in [6.07, 6.45) is 5.38. The van der Waals surface area contributed by atoms with Gasteiger partial charge in [0.1, 0.15) is 5.82 Å². The molecule has 1 aromatic heterocycles. The standard InChI is InChI=1S/C19H24FN3O/c1-13-8-21-23(9-13)18-6-15-11-22(12-16(15)7-19(18)24)10-14-2-4-17(20)5-3-14/h2-5,8-9,15-16,18-19,24H,6-7,10-12H2,1H3/t15-,16+,18-,19-/m0/s1. The minimum atomic E-state index is -0.323. The summed E-state index contributed by atoms with van der Waals surface area (Å²) in [7, 11) is 0. The van der Waals surface area contributed by atoms with Gasteiger partial charge in [-0.05, 0) is 54.9 Å². The molecule has 4 atom stereocenters. The molecule has 0 spiro atoms. The van der Waals surface area contributed by atoms with Gasteiger partial charge < -0.3 is 5.11 Å². The van der Waals surface area contributed by atoms with Crippen LogP contribution in [0.25, 0.3) is 0 Å². The zero-order chi connectivity index (χ0) is 16.7. The van der Waals surface area contributed by atoms with Crippen LogP contribution in [0.1, 0.15) is 30.0 Å². The van der Waals surface area contributed by atoms with E-state index in [4.69, 9.17) is 0 Å². The van der Waals surface area contributed by atoms with Crippen molar-refractivity contribution in [3.63, 3.8) is 0 Å². The highest BCUT2D eigenvalue weighted by atomic mass is 19.1. The molecule has 2 aliphatic rings. The number of aliphatic hydroxyl groups is 1. The highest BCUT2D eigenvalue weighted by Crippen LogP contribution is 2.41. The lowest BCUT2D eigenvalue weighted by Crippen LogP contribution is -2.36. The zero-order valence-corrected chi connectivity index (χ0v) is 14.0. The molecule has 128 valence electrons. The third-order valence-electron chi connectivity index (χ3n) is 5.57. The number of hydrogen-bond acceptors (Lipinski definition) is 3. The summed E-state index contributed by atoms with van der Waals surface area (Å²) in [5.74, 6) is 0.964. The van der Waals surface area contributed by atoms with Crippen LogP contribution in [-0.4, -0.2) is 39.0 Å². The zero-order valence-electron chi connectivity index (χ0n) is 14.0. The molecule has 2 fully saturated rings. The largest absolute Gasteiger partial charge is 0.391 e. The number of aliphatic hydroxyl groups excluding tert-OH is 1. The van der Waals surface area contributed by atoms with Gasteiger partial charge in [0.25, 0.3) is 0 Å². The lowest BCUT2D eigenvalue weighted by Gasteiger charge is -2.35. The molecule has 1 aromatic carbocycles. The summed E-state index contributed by atoms with van der Waals surface area (Å²) in [6.45, 7) is 4.95.